The first-order valence-corrected chi connectivity index (χ1v) is 7.06. The quantitative estimate of drug-likeness (QED) is 0.834. The van der Waals surface area contributed by atoms with Crippen LogP contribution in [-0.2, 0) is 11.2 Å². The lowest BCUT2D eigenvalue weighted by Crippen LogP contribution is -2.37. The van der Waals surface area contributed by atoms with Gasteiger partial charge in [-0.15, -0.1) is 0 Å². The Balaban J connectivity index is 2.91. The first-order valence-electron chi connectivity index (χ1n) is 7.06. The number of hydrogen-bond acceptors (Lipinski definition) is 4. The second-order valence-electron chi connectivity index (χ2n) is 5.90. The van der Waals surface area contributed by atoms with Crippen molar-refractivity contribution in [3.05, 3.63) is 23.0 Å². The number of nitrogens with zero attached hydrogens (tertiary/aromatic N) is 1. The summed E-state index contributed by atoms with van der Waals surface area (Å²) in [4.78, 5) is 4.57. The van der Waals surface area contributed by atoms with E-state index >= 15 is 0 Å². The predicted molar refractivity (Wildman–Crippen MR) is 82.5 cm³/mol. The monoisotopic (exact) mass is 280 g/mol. The highest BCUT2D eigenvalue weighted by Gasteiger charge is 2.23. The third-order valence-corrected chi connectivity index (χ3v) is 3.89. The van der Waals surface area contributed by atoms with Gasteiger partial charge in [-0.3, -0.25) is 4.98 Å². The topological polar surface area (TPSA) is 43.4 Å². The molecule has 0 aromatic carbocycles. The van der Waals surface area contributed by atoms with Crippen molar-refractivity contribution in [2.24, 2.45) is 0 Å². The van der Waals surface area contributed by atoms with Gasteiger partial charge in [0, 0.05) is 42.6 Å². The fourth-order valence-electron chi connectivity index (χ4n) is 2.46. The van der Waals surface area contributed by atoms with E-state index in [1.54, 1.807) is 14.2 Å². The van der Waals surface area contributed by atoms with Crippen molar-refractivity contribution < 1.29 is 9.47 Å². The number of hydrogen-bond donors (Lipinski definition) is 1. The van der Waals surface area contributed by atoms with E-state index in [0.29, 0.717) is 6.04 Å². The number of methoxy groups -OCH3 is 2. The van der Waals surface area contributed by atoms with Gasteiger partial charge in [-0.1, -0.05) is 0 Å². The van der Waals surface area contributed by atoms with Crippen molar-refractivity contribution in [2.45, 2.75) is 52.2 Å². The summed E-state index contributed by atoms with van der Waals surface area (Å²) >= 11 is 0. The van der Waals surface area contributed by atoms with Crippen molar-refractivity contribution in [1.82, 2.24) is 10.3 Å². The molecule has 0 aliphatic carbocycles. The Morgan fingerprint density at radius 1 is 1.30 bits per heavy atom. The van der Waals surface area contributed by atoms with E-state index in [1.165, 1.54) is 0 Å². The van der Waals surface area contributed by atoms with E-state index in [0.717, 1.165) is 35.4 Å². The van der Waals surface area contributed by atoms with Crippen LogP contribution < -0.4 is 10.1 Å². The molecule has 0 aliphatic rings. The minimum absolute atomic E-state index is 0.142. The van der Waals surface area contributed by atoms with Crippen molar-refractivity contribution in [1.29, 1.82) is 0 Å². The van der Waals surface area contributed by atoms with Gasteiger partial charge >= 0.3 is 0 Å². The van der Waals surface area contributed by atoms with Gasteiger partial charge in [-0.05, 0) is 41.2 Å². The van der Waals surface area contributed by atoms with Gasteiger partial charge in [0.15, 0.2) is 0 Å². The Hall–Kier alpha value is -1.13. The highest BCUT2D eigenvalue weighted by molar-refractivity contribution is 5.41. The molecule has 0 saturated carbocycles. The molecule has 1 rings (SSSR count). The minimum atomic E-state index is -0.142. The van der Waals surface area contributed by atoms with E-state index in [4.69, 9.17) is 9.47 Å². The Morgan fingerprint density at radius 2 is 1.95 bits per heavy atom. The molecule has 1 N–H and O–H groups in total. The maximum atomic E-state index is 5.52. The van der Waals surface area contributed by atoms with Crippen molar-refractivity contribution in [2.75, 3.05) is 21.3 Å². The van der Waals surface area contributed by atoms with E-state index < -0.39 is 0 Å². The zero-order valence-electron chi connectivity index (χ0n) is 13.8. The highest BCUT2D eigenvalue weighted by Crippen LogP contribution is 2.26. The van der Waals surface area contributed by atoms with Gasteiger partial charge < -0.3 is 14.8 Å². The average Bonchev–Trinajstić information content (AvgIpc) is 2.41. The third-order valence-electron chi connectivity index (χ3n) is 3.89. The van der Waals surface area contributed by atoms with E-state index in [2.05, 4.69) is 31.1 Å². The summed E-state index contributed by atoms with van der Waals surface area (Å²) in [5.74, 6) is 0.941. The Bertz CT molecular complexity index is 444. The molecule has 1 aromatic heterocycles. The summed E-state index contributed by atoms with van der Waals surface area (Å²) in [5.41, 5.74) is 3.14. The van der Waals surface area contributed by atoms with E-state index in [9.17, 15) is 0 Å². The zero-order valence-corrected chi connectivity index (χ0v) is 13.8. The van der Waals surface area contributed by atoms with Crippen LogP contribution in [0.25, 0.3) is 0 Å². The van der Waals surface area contributed by atoms with Crippen molar-refractivity contribution >= 4 is 0 Å². The number of aromatic nitrogens is 1. The summed E-state index contributed by atoms with van der Waals surface area (Å²) in [5, 5.41) is 3.36. The number of ether oxygens (including phenoxy) is 2. The number of nitrogens with one attached hydrogen (secondary N) is 1. The van der Waals surface area contributed by atoms with Crippen molar-refractivity contribution in [3.8, 4) is 5.75 Å². The average molecular weight is 280 g/mol. The summed E-state index contributed by atoms with van der Waals surface area (Å²) in [6.07, 6.45) is 3.68. The third kappa shape index (κ3) is 4.18. The van der Waals surface area contributed by atoms with Gasteiger partial charge in [-0.25, -0.2) is 0 Å². The summed E-state index contributed by atoms with van der Waals surface area (Å²) in [6.45, 7) is 8.30. The number of rotatable bonds is 7. The Kier molecular flexibility index (Phi) is 5.96. The van der Waals surface area contributed by atoms with E-state index in [-0.39, 0.29) is 5.60 Å². The van der Waals surface area contributed by atoms with Crippen LogP contribution >= 0.6 is 0 Å². The van der Waals surface area contributed by atoms with Crippen LogP contribution in [0.15, 0.2) is 6.20 Å². The molecule has 0 bridgehead atoms. The number of aryl methyl sites for hydroxylation is 1. The first kappa shape index (κ1) is 16.9. The molecule has 0 spiro atoms. The van der Waals surface area contributed by atoms with Gasteiger partial charge in [0.1, 0.15) is 5.75 Å². The van der Waals surface area contributed by atoms with Crippen LogP contribution in [0.5, 0.6) is 5.75 Å². The minimum Gasteiger partial charge on any atom is -0.496 e. The Labute approximate surface area is 122 Å². The lowest BCUT2D eigenvalue weighted by Gasteiger charge is -2.28. The molecule has 1 atom stereocenters. The molecule has 20 heavy (non-hydrogen) atoms. The fourth-order valence-corrected chi connectivity index (χ4v) is 2.46. The van der Waals surface area contributed by atoms with Crippen LogP contribution in [0.3, 0.4) is 0 Å². The largest absolute Gasteiger partial charge is 0.496 e. The summed E-state index contributed by atoms with van der Waals surface area (Å²) in [7, 11) is 5.45. The lowest BCUT2D eigenvalue weighted by atomic mass is 9.94. The molecule has 0 fully saturated rings. The van der Waals surface area contributed by atoms with Gasteiger partial charge in [0.2, 0.25) is 0 Å². The SMILES string of the molecule is CNC(Cc1ncc(C)c(OC)c1C)CC(C)(C)OC. The molecule has 4 nitrogen and oxygen atoms in total. The normalized spacial score (nSPS) is 13.3. The molecule has 1 unspecified atom stereocenters. The second-order valence-corrected chi connectivity index (χ2v) is 5.90. The zero-order chi connectivity index (χ0) is 15.3. The van der Waals surface area contributed by atoms with Crippen molar-refractivity contribution in [3.63, 3.8) is 0 Å². The molecule has 4 heteroatoms. The van der Waals surface area contributed by atoms with Gasteiger partial charge in [0.05, 0.1) is 12.7 Å². The number of likely N-dealkylation sites (N-methyl/N-ethyl adjacent to an activating group) is 1. The molecule has 1 heterocycles. The van der Waals surface area contributed by atoms with Gasteiger partial charge in [0.25, 0.3) is 0 Å². The summed E-state index contributed by atoms with van der Waals surface area (Å²) < 4.78 is 11.0. The van der Waals surface area contributed by atoms with Crippen LogP contribution in [-0.4, -0.2) is 37.9 Å². The van der Waals surface area contributed by atoms with E-state index in [1.807, 2.05) is 20.2 Å². The standard InChI is InChI=1S/C16H28N2O2/c1-11-10-18-14(12(2)15(11)19-6)8-13(17-5)9-16(3,4)20-7/h10,13,17H,8-9H2,1-7H3. The molecule has 0 saturated heterocycles. The predicted octanol–water partition coefficient (Wildman–Crippen LogP) is 2.65. The maximum absolute atomic E-state index is 5.52. The maximum Gasteiger partial charge on any atom is 0.128 e. The molecule has 0 radical (unpaired) electrons. The second kappa shape index (κ2) is 7.04. The highest BCUT2D eigenvalue weighted by atomic mass is 16.5. The molecule has 0 aliphatic heterocycles. The molecule has 0 amide bonds. The molecular weight excluding hydrogens is 252 g/mol. The lowest BCUT2D eigenvalue weighted by molar-refractivity contribution is 0.00764. The summed E-state index contributed by atoms with van der Waals surface area (Å²) in [6, 6.07) is 0.323. The van der Waals surface area contributed by atoms with Crippen LogP contribution in [0, 0.1) is 13.8 Å². The van der Waals surface area contributed by atoms with Crippen LogP contribution in [0.4, 0.5) is 0 Å². The first-order chi connectivity index (χ1) is 9.34. The fraction of sp³-hybridized carbons (Fsp3) is 0.688. The molecule has 1 aromatic rings. The smallest absolute Gasteiger partial charge is 0.128 e. The van der Waals surface area contributed by atoms with Crippen LogP contribution in [0.2, 0.25) is 0 Å². The van der Waals surface area contributed by atoms with Gasteiger partial charge in [-0.2, -0.15) is 0 Å². The number of pyridine rings is 1. The molecule has 114 valence electrons. The van der Waals surface area contributed by atoms with Crippen LogP contribution in [0.1, 0.15) is 37.1 Å². The Morgan fingerprint density at radius 3 is 2.45 bits per heavy atom. The molecular formula is C16H28N2O2.